The standard InChI is InChI=1S/C8H18N2O3S/c1-7-2-4-10(6-8(7)11)14(12,13)5-3-9/h7-8,11H,2-6,9H2,1H3. The van der Waals surface area contributed by atoms with Gasteiger partial charge in [-0.2, -0.15) is 4.31 Å². The first-order valence-corrected chi connectivity index (χ1v) is 6.44. The van der Waals surface area contributed by atoms with Gasteiger partial charge in [-0.05, 0) is 12.3 Å². The number of aliphatic hydroxyl groups is 1. The Hall–Kier alpha value is -0.170. The van der Waals surface area contributed by atoms with Gasteiger partial charge in [0.15, 0.2) is 0 Å². The van der Waals surface area contributed by atoms with Crippen molar-refractivity contribution in [1.29, 1.82) is 0 Å². The van der Waals surface area contributed by atoms with E-state index in [1.807, 2.05) is 6.92 Å². The highest BCUT2D eigenvalue weighted by molar-refractivity contribution is 7.89. The Morgan fingerprint density at radius 2 is 2.21 bits per heavy atom. The number of aliphatic hydroxyl groups excluding tert-OH is 1. The minimum Gasteiger partial charge on any atom is -0.391 e. The molecule has 2 atom stereocenters. The summed E-state index contributed by atoms with van der Waals surface area (Å²) in [7, 11) is -3.24. The van der Waals surface area contributed by atoms with Crippen LogP contribution in [0.15, 0.2) is 0 Å². The molecule has 14 heavy (non-hydrogen) atoms. The molecule has 3 N–H and O–H groups in total. The third kappa shape index (κ3) is 2.66. The fourth-order valence-electron chi connectivity index (χ4n) is 1.55. The Bertz CT molecular complexity index is 278. The van der Waals surface area contributed by atoms with Crippen LogP contribution in [0, 0.1) is 5.92 Å². The van der Waals surface area contributed by atoms with Crippen LogP contribution in [0.3, 0.4) is 0 Å². The predicted molar refractivity (Wildman–Crippen MR) is 54.2 cm³/mol. The van der Waals surface area contributed by atoms with E-state index in [1.54, 1.807) is 0 Å². The largest absolute Gasteiger partial charge is 0.391 e. The van der Waals surface area contributed by atoms with Crippen LogP contribution >= 0.6 is 0 Å². The maximum Gasteiger partial charge on any atom is 0.215 e. The van der Waals surface area contributed by atoms with Crippen LogP contribution in [0.2, 0.25) is 0 Å². The van der Waals surface area contributed by atoms with Crippen LogP contribution in [-0.4, -0.2) is 49.3 Å². The summed E-state index contributed by atoms with van der Waals surface area (Å²) in [4.78, 5) is 0. The van der Waals surface area contributed by atoms with Crippen LogP contribution in [0.5, 0.6) is 0 Å². The summed E-state index contributed by atoms with van der Waals surface area (Å²) in [6, 6.07) is 0. The number of nitrogens with two attached hydrogens (primary N) is 1. The maximum atomic E-state index is 11.6. The Balaban J connectivity index is 2.63. The van der Waals surface area contributed by atoms with Gasteiger partial charge in [-0.15, -0.1) is 0 Å². The van der Waals surface area contributed by atoms with Crippen LogP contribution in [-0.2, 0) is 10.0 Å². The molecule has 1 fully saturated rings. The second kappa shape index (κ2) is 4.57. The van der Waals surface area contributed by atoms with Gasteiger partial charge in [0.2, 0.25) is 10.0 Å². The van der Waals surface area contributed by atoms with Gasteiger partial charge in [-0.25, -0.2) is 8.42 Å². The molecule has 1 saturated heterocycles. The maximum absolute atomic E-state index is 11.6. The molecule has 0 saturated carbocycles. The molecule has 0 aromatic rings. The van der Waals surface area contributed by atoms with Gasteiger partial charge in [0.25, 0.3) is 0 Å². The molecule has 0 radical (unpaired) electrons. The topological polar surface area (TPSA) is 83.6 Å². The molecule has 1 aliphatic heterocycles. The van der Waals surface area contributed by atoms with E-state index in [0.29, 0.717) is 13.0 Å². The lowest BCUT2D eigenvalue weighted by Gasteiger charge is -2.33. The molecule has 6 heteroatoms. The summed E-state index contributed by atoms with van der Waals surface area (Å²) in [6.45, 7) is 2.77. The van der Waals surface area contributed by atoms with Crippen molar-refractivity contribution >= 4 is 10.0 Å². The summed E-state index contributed by atoms with van der Waals surface area (Å²) >= 11 is 0. The van der Waals surface area contributed by atoms with Gasteiger partial charge in [0.05, 0.1) is 11.9 Å². The van der Waals surface area contributed by atoms with E-state index in [0.717, 1.165) is 0 Å². The van der Waals surface area contributed by atoms with E-state index >= 15 is 0 Å². The molecule has 0 spiro atoms. The fraction of sp³-hybridized carbons (Fsp3) is 1.00. The van der Waals surface area contributed by atoms with Crippen LogP contribution in [0.4, 0.5) is 0 Å². The van der Waals surface area contributed by atoms with E-state index in [4.69, 9.17) is 5.73 Å². The monoisotopic (exact) mass is 222 g/mol. The highest BCUT2D eigenvalue weighted by atomic mass is 32.2. The smallest absolute Gasteiger partial charge is 0.215 e. The first-order chi connectivity index (χ1) is 6.47. The molecule has 1 aliphatic rings. The van der Waals surface area contributed by atoms with Crippen molar-refractivity contribution in [3.8, 4) is 0 Å². The lowest BCUT2D eigenvalue weighted by molar-refractivity contribution is 0.0605. The Kier molecular flexibility index (Phi) is 3.88. The molecule has 84 valence electrons. The summed E-state index contributed by atoms with van der Waals surface area (Å²) in [5.74, 6) is 0.146. The number of nitrogens with zero attached hydrogens (tertiary/aromatic N) is 1. The second-order valence-electron chi connectivity index (χ2n) is 3.80. The minimum absolute atomic E-state index is 0.0336. The first kappa shape index (κ1) is 11.9. The van der Waals surface area contributed by atoms with Gasteiger partial charge in [-0.3, -0.25) is 0 Å². The minimum atomic E-state index is -3.24. The molecule has 0 aromatic heterocycles. The van der Waals surface area contributed by atoms with Crippen LogP contribution in [0.1, 0.15) is 13.3 Å². The SMILES string of the molecule is CC1CCN(S(=O)(=O)CCN)CC1O. The zero-order valence-corrected chi connectivity index (χ0v) is 9.20. The van der Waals surface area contributed by atoms with Gasteiger partial charge in [-0.1, -0.05) is 6.92 Å². The van der Waals surface area contributed by atoms with Crippen LogP contribution < -0.4 is 5.73 Å². The first-order valence-electron chi connectivity index (χ1n) is 4.83. The summed E-state index contributed by atoms with van der Waals surface area (Å²) in [5, 5.41) is 9.54. The molecule has 1 heterocycles. The third-order valence-electron chi connectivity index (χ3n) is 2.65. The normalized spacial score (nSPS) is 30.5. The predicted octanol–water partition coefficient (Wildman–Crippen LogP) is -1.02. The van der Waals surface area contributed by atoms with Gasteiger partial charge in [0, 0.05) is 19.6 Å². The van der Waals surface area contributed by atoms with E-state index in [-0.39, 0.29) is 24.8 Å². The van der Waals surface area contributed by atoms with Gasteiger partial charge < -0.3 is 10.8 Å². The third-order valence-corrected chi connectivity index (χ3v) is 4.52. The number of β-amino-alcohol motifs (C(OH)–C–C–N with tert-alkyl or cyclic N) is 1. The Labute approximate surface area is 84.9 Å². The highest BCUT2D eigenvalue weighted by Gasteiger charge is 2.30. The van der Waals surface area contributed by atoms with Gasteiger partial charge >= 0.3 is 0 Å². The Morgan fingerprint density at radius 3 is 2.71 bits per heavy atom. The average molecular weight is 222 g/mol. The molecule has 0 aromatic carbocycles. The number of piperidine rings is 1. The molecule has 0 aliphatic carbocycles. The number of sulfonamides is 1. The zero-order chi connectivity index (χ0) is 10.8. The van der Waals surface area contributed by atoms with Crippen molar-refractivity contribution in [2.24, 2.45) is 11.7 Å². The van der Waals surface area contributed by atoms with Crippen molar-refractivity contribution < 1.29 is 13.5 Å². The van der Waals surface area contributed by atoms with E-state index in [1.165, 1.54) is 4.31 Å². The molecular weight excluding hydrogens is 204 g/mol. The van der Waals surface area contributed by atoms with E-state index in [2.05, 4.69) is 0 Å². The van der Waals surface area contributed by atoms with Crippen molar-refractivity contribution in [1.82, 2.24) is 4.31 Å². The summed E-state index contributed by atoms with van der Waals surface area (Å²) in [5.41, 5.74) is 5.21. The van der Waals surface area contributed by atoms with Crippen molar-refractivity contribution in [3.63, 3.8) is 0 Å². The lowest BCUT2D eigenvalue weighted by atomic mass is 9.98. The van der Waals surface area contributed by atoms with E-state index < -0.39 is 16.1 Å². The van der Waals surface area contributed by atoms with Crippen molar-refractivity contribution in [2.75, 3.05) is 25.4 Å². The number of rotatable bonds is 3. The summed E-state index contributed by atoms with van der Waals surface area (Å²) in [6.07, 6.45) is 0.168. The Morgan fingerprint density at radius 1 is 1.57 bits per heavy atom. The van der Waals surface area contributed by atoms with Crippen LogP contribution in [0.25, 0.3) is 0 Å². The van der Waals surface area contributed by atoms with E-state index in [9.17, 15) is 13.5 Å². The molecule has 5 nitrogen and oxygen atoms in total. The molecule has 2 unspecified atom stereocenters. The summed E-state index contributed by atoms with van der Waals surface area (Å²) < 4.78 is 24.5. The fourth-order valence-corrected chi connectivity index (χ4v) is 2.87. The number of hydrogen-bond donors (Lipinski definition) is 2. The second-order valence-corrected chi connectivity index (χ2v) is 5.88. The highest BCUT2D eigenvalue weighted by Crippen LogP contribution is 2.19. The molecule has 1 rings (SSSR count). The van der Waals surface area contributed by atoms with Gasteiger partial charge in [0.1, 0.15) is 0 Å². The quantitative estimate of drug-likeness (QED) is 0.640. The van der Waals surface area contributed by atoms with Crippen molar-refractivity contribution in [2.45, 2.75) is 19.4 Å². The molecule has 0 bridgehead atoms. The average Bonchev–Trinajstić information content (AvgIpc) is 2.09. The number of hydrogen-bond acceptors (Lipinski definition) is 4. The molecular formula is C8H18N2O3S. The molecule has 0 amide bonds. The lowest BCUT2D eigenvalue weighted by Crippen LogP contribution is -2.47. The zero-order valence-electron chi connectivity index (χ0n) is 8.39. The van der Waals surface area contributed by atoms with Crippen molar-refractivity contribution in [3.05, 3.63) is 0 Å².